The molecule has 0 aromatic heterocycles. The van der Waals surface area contributed by atoms with E-state index < -0.39 is 11.1 Å². The molecule has 1 fully saturated rings. The number of hydrogen-bond donors (Lipinski definition) is 0. The number of benzene rings is 3. The Kier molecular flexibility index (Phi) is 10.5. The van der Waals surface area contributed by atoms with Gasteiger partial charge in [0.05, 0.1) is 17.7 Å². The van der Waals surface area contributed by atoms with Crippen molar-refractivity contribution in [3.05, 3.63) is 99.0 Å². The summed E-state index contributed by atoms with van der Waals surface area (Å²) in [6, 6.07) is 23.9. The quantitative estimate of drug-likeness (QED) is 0.222. The number of nitriles is 1. The molecule has 2 atom stereocenters. The topological polar surface area (TPSA) is 72.2 Å². The maximum atomic E-state index is 15.2. The summed E-state index contributed by atoms with van der Waals surface area (Å²) in [7, 11) is 0. The third-order valence-electron chi connectivity index (χ3n) is 9.80. The number of aliphatic imine (C=N–C) groups is 1. The molecule has 0 bridgehead atoms. The molecule has 2 aliphatic heterocycles. The Balaban J connectivity index is 1.71. The highest BCUT2D eigenvalue weighted by Gasteiger charge is 2.60. The Morgan fingerprint density at radius 3 is 2.06 bits per heavy atom. The van der Waals surface area contributed by atoms with Crippen molar-refractivity contribution in [2.45, 2.75) is 83.9 Å². The van der Waals surface area contributed by atoms with Gasteiger partial charge in [-0.2, -0.15) is 5.26 Å². The molecule has 2 amide bonds. The summed E-state index contributed by atoms with van der Waals surface area (Å²) >= 11 is 12.8. The van der Waals surface area contributed by atoms with Crippen LogP contribution >= 0.6 is 23.2 Å². The van der Waals surface area contributed by atoms with Crippen molar-refractivity contribution in [3.63, 3.8) is 0 Å². The minimum absolute atomic E-state index is 0.0930. The highest BCUT2D eigenvalue weighted by atomic mass is 35.5. The highest BCUT2D eigenvalue weighted by Crippen LogP contribution is 2.54. The first-order valence-corrected chi connectivity index (χ1v) is 17.6. The van der Waals surface area contributed by atoms with Gasteiger partial charge < -0.3 is 9.64 Å². The molecule has 2 aliphatic rings. The van der Waals surface area contributed by atoms with Gasteiger partial charge in [-0.3, -0.25) is 14.8 Å². The van der Waals surface area contributed by atoms with Gasteiger partial charge in [-0.25, -0.2) is 4.79 Å². The summed E-state index contributed by atoms with van der Waals surface area (Å²) in [5, 5.41) is 10.3. The molecule has 0 radical (unpaired) electrons. The van der Waals surface area contributed by atoms with Crippen LogP contribution in [-0.2, 0) is 16.5 Å². The molecule has 0 N–H and O–H groups in total. The second kappa shape index (κ2) is 14.1. The van der Waals surface area contributed by atoms with Gasteiger partial charge in [0.25, 0.3) is 0 Å². The van der Waals surface area contributed by atoms with Crippen LogP contribution in [0.2, 0.25) is 10.0 Å². The molecule has 7 nitrogen and oxygen atoms in total. The van der Waals surface area contributed by atoms with Crippen molar-refractivity contribution in [2.75, 3.05) is 32.7 Å². The molecule has 2 unspecified atom stereocenters. The summed E-state index contributed by atoms with van der Waals surface area (Å²) in [5.41, 5.74) is 1.72. The number of halogens is 2. The lowest BCUT2D eigenvalue weighted by molar-refractivity contribution is 0.0865. The number of nitrogens with zero attached hydrogens (tertiary/aromatic N) is 5. The van der Waals surface area contributed by atoms with Crippen molar-refractivity contribution in [1.29, 1.82) is 5.26 Å². The van der Waals surface area contributed by atoms with E-state index >= 15 is 4.79 Å². The van der Waals surface area contributed by atoms with Crippen molar-refractivity contribution < 1.29 is 9.53 Å². The van der Waals surface area contributed by atoms with Gasteiger partial charge in [0.15, 0.2) is 0 Å². The number of amidine groups is 1. The molecule has 3 aromatic rings. The van der Waals surface area contributed by atoms with Gasteiger partial charge in [-0.15, -0.1) is 0 Å². The molecule has 254 valence electrons. The van der Waals surface area contributed by atoms with Crippen LogP contribution in [-0.4, -0.2) is 65.4 Å². The van der Waals surface area contributed by atoms with E-state index in [4.69, 9.17) is 38.2 Å². The van der Waals surface area contributed by atoms with E-state index in [-0.39, 0.29) is 17.6 Å². The number of urea groups is 1. The fourth-order valence-electron chi connectivity index (χ4n) is 6.78. The van der Waals surface area contributed by atoms with E-state index in [0.717, 1.165) is 48.3 Å². The number of ether oxygens (including phenoxy) is 1. The molecule has 3 aromatic carbocycles. The first kappa shape index (κ1) is 35.7. The van der Waals surface area contributed by atoms with Crippen molar-refractivity contribution in [3.8, 4) is 11.8 Å². The van der Waals surface area contributed by atoms with E-state index in [1.807, 2.05) is 72.2 Å². The van der Waals surface area contributed by atoms with E-state index in [9.17, 15) is 0 Å². The van der Waals surface area contributed by atoms with Crippen LogP contribution in [0.3, 0.4) is 0 Å². The number of piperazine rings is 1. The maximum Gasteiger partial charge on any atom is 0.326 e. The fourth-order valence-corrected chi connectivity index (χ4v) is 7.03. The van der Waals surface area contributed by atoms with Crippen LogP contribution in [0.1, 0.15) is 83.6 Å². The van der Waals surface area contributed by atoms with Gasteiger partial charge in [-0.05, 0) is 99.2 Å². The van der Waals surface area contributed by atoms with Crippen molar-refractivity contribution >= 4 is 35.1 Å². The fraction of sp³-hybridized carbons (Fsp3) is 0.462. The second-order valence-corrected chi connectivity index (χ2v) is 15.3. The average molecular weight is 689 g/mol. The van der Waals surface area contributed by atoms with E-state index in [0.29, 0.717) is 41.1 Å². The van der Waals surface area contributed by atoms with Gasteiger partial charge >= 0.3 is 6.03 Å². The van der Waals surface area contributed by atoms with Gasteiger partial charge in [0.1, 0.15) is 22.7 Å². The third-order valence-corrected chi connectivity index (χ3v) is 10.3. The molecule has 2 heterocycles. The molecular formula is C39H47Cl2N5O2. The lowest BCUT2D eigenvalue weighted by atomic mass is 9.71. The normalized spacial score (nSPS) is 21.7. The second-order valence-electron chi connectivity index (χ2n) is 14.4. The number of rotatable bonds is 8. The predicted molar refractivity (Wildman–Crippen MR) is 195 cm³/mol. The van der Waals surface area contributed by atoms with Gasteiger partial charge in [-0.1, -0.05) is 74.3 Å². The van der Waals surface area contributed by atoms with Crippen molar-refractivity contribution in [1.82, 2.24) is 14.7 Å². The number of hydrogen-bond acceptors (Lipinski definition) is 5. The van der Waals surface area contributed by atoms with E-state index in [2.05, 4.69) is 63.8 Å². The van der Waals surface area contributed by atoms with Gasteiger partial charge in [0.2, 0.25) is 0 Å². The maximum absolute atomic E-state index is 15.2. The van der Waals surface area contributed by atoms with Crippen LogP contribution in [0.5, 0.6) is 5.75 Å². The van der Waals surface area contributed by atoms with Crippen molar-refractivity contribution in [2.24, 2.45) is 4.99 Å². The summed E-state index contributed by atoms with van der Waals surface area (Å²) < 4.78 is 6.51. The zero-order valence-electron chi connectivity index (χ0n) is 29.2. The number of carbonyl (C=O) groups excluding carboxylic acids is 1. The minimum atomic E-state index is -0.973. The molecule has 1 saturated heterocycles. The smallest absolute Gasteiger partial charge is 0.326 e. The summed E-state index contributed by atoms with van der Waals surface area (Å²) in [6.45, 7) is 18.2. The Bertz CT molecular complexity index is 1690. The Labute approximate surface area is 296 Å². The monoisotopic (exact) mass is 687 g/mol. The lowest BCUT2D eigenvalue weighted by Crippen LogP contribution is -2.60. The van der Waals surface area contributed by atoms with Crippen LogP contribution in [0.15, 0.2) is 71.7 Å². The highest BCUT2D eigenvalue weighted by molar-refractivity contribution is 6.30. The largest absolute Gasteiger partial charge is 0.490 e. The molecule has 9 heteroatoms. The number of amides is 2. The number of carbonyl (C=O) groups is 1. The predicted octanol–water partition coefficient (Wildman–Crippen LogP) is 9.01. The Hall–Kier alpha value is -3.57. The molecule has 5 rings (SSSR count). The molecule has 48 heavy (non-hydrogen) atoms. The van der Waals surface area contributed by atoms with E-state index in [1.54, 1.807) is 0 Å². The van der Waals surface area contributed by atoms with Crippen LogP contribution in [0, 0.1) is 11.3 Å². The molecular weight excluding hydrogens is 641 g/mol. The summed E-state index contributed by atoms with van der Waals surface area (Å²) in [5.74, 6) is 1.25. The molecule has 0 spiro atoms. The lowest BCUT2D eigenvalue weighted by Gasteiger charge is -2.47. The zero-order chi connectivity index (χ0) is 34.9. The first-order chi connectivity index (χ1) is 22.7. The SMILES string of the molecule is CC(C)Oc1cc(C(C)(C)C)ccc1C1=NC(C)(c2ccc(Cl)cc2)C(C)(c2ccc(Cl)cc2)N1C(=O)N1CCN(CCCC#N)CC1. The summed E-state index contributed by atoms with van der Waals surface area (Å²) in [4.78, 5) is 26.9. The summed E-state index contributed by atoms with van der Waals surface area (Å²) in [6.07, 6.45) is 1.26. The zero-order valence-corrected chi connectivity index (χ0v) is 30.7. The Morgan fingerprint density at radius 1 is 0.938 bits per heavy atom. The minimum Gasteiger partial charge on any atom is -0.490 e. The third kappa shape index (κ3) is 6.94. The van der Waals surface area contributed by atoms with Crippen LogP contribution < -0.4 is 4.74 Å². The average Bonchev–Trinajstić information content (AvgIpc) is 3.29. The number of unbranched alkanes of at least 4 members (excludes halogenated alkanes) is 1. The van der Waals surface area contributed by atoms with Crippen LogP contribution in [0.4, 0.5) is 4.79 Å². The standard InChI is InChI=1S/C39H47Cl2N5O2/c1-27(2)48-34-26-30(37(3,4)5)14-19-33(34)35-43-38(6,28-10-15-31(40)16-11-28)39(7,29-12-17-32(41)18-13-29)46(35)36(47)45-24-22-44(23-25-45)21-9-8-20-42/h10-19,26-27H,8-9,21-25H2,1-7H3. The first-order valence-electron chi connectivity index (χ1n) is 16.8. The van der Waals surface area contributed by atoms with Crippen LogP contribution in [0.25, 0.3) is 0 Å². The molecule has 0 saturated carbocycles. The van der Waals surface area contributed by atoms with Gasteiger partial charge in [0, 0.05) is 42.6 Å². The Morgan fingerprint density at radius 2 is 1.52 bits per heavy atom. The van der Waals surface area contributed by atoms with E-state index in [1.165, 1.54) is 0 Å². The molecule has 0 aliphatic carbocycles.